The van der Waals surface area contributed by atoms with Crippen molar-refractivity contribution in [3.63, 3.8) is 0 Å². The smallest absolute Gasteiger partial charge is 0.100 e. The third-order valence-electron chi connectivity index (χ3n) is 2.33. The number of hydrogen-bond acceptors (Lipinski definition) is 6. The summed E-state index contributed by atoms with van der Waals surface area (Å²) in [7, 11) is 0. The molecule has 0 amide bonds. The van der Waals surface area contributed by atoms with Crippen molar-refractivity contribution in [2.24, 2.45) is 0 Å². The third kappa shape index (κ3) is 20.1. The number of aliphatic hydroxyl groups is 4. The molecule has 0 spiro atoms. The zero-order valence-electron chi connectivity index (χ0n) is 12.8. The minimum absolute atomic E-state index is 0.0342. The number of rotatable bonds is 12. The van der Waals surface area contributed by atoms with E-state index in [-0.39, 0.29) is 26.4 Å². The Morgan fingerprint density at radius 2 is 1.15 bits per heavy atom. The van der Waals surface area contributed by atoms with Crippen LogP contribution in [0.1, 0.15) is 39.5 Å². The van der Waals surface area contributed by atoms with Crippen molar-refractivity contribution in [1.29, 1.82) is 0 Å². The molecule has 0 aromatic heterocycles. The molecule has 0 saturated carbocycles. The van der Waals surface area contributed by atoms with Crippen LogP contribution in [0, 0.1) is 0 Å². The van der Waals surface area contributed by atoms with Gasteiger partial charge in [0.2, 0.25) is 0 Å². The van der Waals surface area contributed by atoms with E-state index in [1.165, 1.54) is 25.7 Å². The van der Waals surface area contributed by atoms with Crippen LogP contribution in [0.3, 0.4) is 0 Å². The lowest BCUT2D eigenvalue weighted by atomic mass is 10.3. The van der Waals surface area contributed by atoms with Crippen LogP contribution >= 0.6 is 0 Å². The molecule has 0 radical (unpaired) electrons. The van der Waals surface area contributed by atoms with Gasteiger partial charge in [-0.3, -0.25) is 0 Å². The summed E-state index contributed by atoms with van der Waals surface area (Å²) in [6, 6.07) is 0. The summed E-state index contributed by atoms with van der Waals surface area (Å²) in [4.78, 5) is 0. The third-order valence-corrected chi connectivity index (χ3v) is 2.33. The van der Waals surface area contributed by atoms with Gasteiger partial charge in [-0.25, -0.2) is 0 Å². The molecule has 0 aromatic rings. The number of unbranched alkanes of at least 4 members (excludes halogenated alkanes) is 2. The molecule has 0 rings (SSSR count). The van der Waals surface area contributed by atoms with E-state index in [0.29, 0.717) is 0 Å². The summed E-state index contributed by atoms with van der Waals surface area (Å²) in [6.45, 7) is 5.48. The van der Waals surface area contributed by atoms with Gasteiger partial charge in [-0.2, -0.15) is 0 Å². The largest absolute Gasteiger partial charge is 0.394 e. The summed E-state index contributed by atoms with van der Waals surface area (Å²) in [5, 5.41) is 34.1. The van der Waals surface area contributed by atoms with Crippen LogP contribution in [0.4, 0.5) is 0 Å². The summed E-state index contributed by atoms with van der Waals surface area (Å²) < 4.78 is 10.0. The van der Waals surface area contributed by atoms with Gasteiger partial charge >= 0.3 is 0 Å². The predicted molar refractivity (Wildman–Crippen MR) is 77.6 cm³/mol. The van der Waals surface area contributed by atoms with Crippen molar-refractivity contribution >= 4 is 0 Å². The van der Waals surface area contributed by atoms with E-state index in [1.807, 2.05) is 0 Å². The average molecular weight is 296 g/mol. The highest BCUT2D eigenvalue weighted by Gasteiger charge is 2.04. The van der Waals surface area contributed by atoms with Crippen LogP contribution in [-0.2, 0) is 9.47 Å². The van der Waals surface area contributed by atoms with Crippen molar-refractivity contribution in [2.45, 2.75) is 51.7 Å². The molecule has 2 unspecified atom stereocenters. The Hall–Kier alpha value is -0.240. The second-order valence-electron chi connectivity index (χ2n) is 4.53. The van der Waals surface area contributed by atoms with Gasteiger partial charge in [-0.15, -0.1) is 0 Å². The van der Waals surface area contributed by atoms with E-state index in [4.69, 9.17) is 29.9 Å². The first-order valence-electron chi connectivity index (χ1n) is 7.35. The Kier molecular flexibility index (Phi) is 20.7. The highest BCUT2D eigenvalue weighted by Crippen LogP contribution is 1.91. The van der Waals surface area contributed by atoms with E-state index >= 15 is 0 Å². The molecular formula is C14H32O6. The van der Waals surface area contributed by atoms with E-state index < -0.39 is 12.2 Å². The highest BCUT2D eigenvalue weighted by atomic mass is 16.5. The first-order valence-corrected chi connectivity index (χ1v) is 7.35. The maximum Gasteiger partial charge on any atom is 0.100 e. The molecule has 2 atom stereocenters. The zero-order chi connectivity index (χ0) is 15.6. The van der Waals surface area contributed by atoms with Crippen LogP contribution in [0.25, 0.3) is 0 Å². The molecule has 0 heterocycles. The second kappa shape index (κ2) is 18.8. The second-order valence-corrected chi connectivity index (χ2v) is 4.53. The number of aliphatic hydroxyl groups excluding tert-OH is 4. The van der Waals surface area contributed by atoms with Gasteiger partial charge in [0.15, 0.2) is 0 Å². The van der Waals surface area contributed by atoms with Gasteiger partial charge in [0.1, 0.15) is 12.2 Å². The molecule has 0 fully saturated rings. The van der Waals surface area contributed by atoms with Crippen molar-refractivity contribution in [3.8, 4) is 0 Å². The zero-order valence-corrected chi connectivity index (χ0v) is 12.8. The maximum absolute atomic E-state index is 8.72. The van der Waals surface area contributed by atoms with Crippen LogP contribution in [0.5, 0.6) is 0 Å². The molecule has 20 heavy (non-hydrogen) atoms. The van der Waals surface area contributed by atoms with Gasteiger partial charge in [0.25, 0.3) is 0 Å². The minimum Gasteiger partial charge on any atom is -0.394 e. The fourth-order valence-electron chi connectivity index (χ4n) is 1.04. The van der Waals surface area contributed by atoms with Gasteiger partial charge in [0.05, 0.1) is 26.4 Å². The Balaban J connectivity index is 0. The van der Waals surface area contributed by atoms with E-state index in [9.17, 15) is 0 Å². The highest BCUT2D eigenvalue weighted by molar-refractivity contribution is 4.52. The fourth-order valence-corrected chi connectivity index (χ4v) is 1.04. The summed E-state index contributed by atoms with van der Waals surface area (Å²) >= 11 is 0. The predicted octanol–water partition coefficient (Wildman–Crippen LogP) is 0.313. The van der Waals surface area contributed by atoms with Gasteiger partial charge < -0.3 is 29.9 Å². The molecule has 0 bridgehead atoms. The molecule has 124 valence electrons. The molecule has 6 nitrogen and oxygen atoms in total. The van der Waals surface area contributed by atoms with E-state index in [1.54, 1.807) is 0 Å². The van der Waals surface area contributed by atoms with Crippen molar-refractivity contribution in [1.82, 2.24) is 0 Å². The van der Waals surface area contributed by atoms with Gasteiger partial charge in [-0.05, 0) is 12.8 Å². The molecule has 0 aliphatic heterocycles. The lowest BCUT2D eigenvalue weighted by Crippen LogP contribution is -2.25. The standard InChI is InChI=1S/C8H18O.C6H14O5/c1-3-5-7-9-8-6-4-2;7-1-5(9)3-11-4-6(10)2-8/h3-8H2,1-2H3;5-10H,1-4H2. The number of hydrogen-bond donors (Lipinski definition) is 4. The lowest BCUT2D eigenvalue weighted by Gasteiger charge is -2.10. The Morgan fingerprint density at radius 3 is 1.45 bits per heavy atom. The number of ether oxygens (including phenoxy) is 2. The summed E-state index contributed by atoms with van der Waals surface area (Å²) in [5.74, 6) is 0. The molecule has 0 aliphatic carbocycles. The molecule has 4 N–H and O–H groups in total. The van der Waals surface area contributed by atoms with Crippen LogP contribution in [0.2, 0.25) is 0 Å². The minimum atomic E-state index is -0.916. The van der Waals surface area contributed by atoms with Gasteiger partial charge in [0, 0.05) is 13.2 Å². The van der Waals surface area contributed by atoms with Crippen molar-refractivity contribution in [2.75, 3.05) is 39.6 Å². The topological polar surface area (TPSA) is 99.4 Å². The normalized spacial score (nSPS) is 13.5. The SMILES string of the molecule is CCCCOCCCC.OCC(O)COCC(O)CO. The molecule has 0 aromatic carbocycles. The summed E-state index contributed by atoms with van der Waals surface area (Å²) in [5.41, 5.74) is 0. The Bertz CT molecular complexity index is 152. The van der Waals surface area contributed by atoms with Gasteiger partial charge in [-0.1, -0.05) is 26.7 Å². The van der Waals surface area contributed by atoms with Crippen molar-refractivity contribution in [3.05, 3.63) is 0 Å². The van der Waals surface area contributed by atoms with Crippen LogP contribution in [-0.4, -0.2) is 72.3 Å². The monoisotopic (exact) mass is 296 g/mol. The Labute approximate surface area is 122 Å². The van der Waals surface area contributed by atoms with Crippen LogP contribution in [0.15, 0.2) is 0 Å². The average Bonchev–Trinajstić information content (AvgIpc) is 2.47. The quantitative estimate of drug-likeness (QED) is 0.387. The molecule has 0 saturated heterocycles. The maximum atomic E-state index is 8.72. The first kappa shape index (κ1) is 22.0. The van der Waals surface area contributed by atoms with Crippen LogP contribution < -0.4 is 0 Å². The summed E-state index contributed by atoms with van der Waals surface area (Å²) in [6.07, 6.45) is 3.08. The lowest BCUT2D eigenvalue weighted by molar-refractivity contribution is -0.0364. The van der Waals surface area contributed by atoms with E-state index in [0.717, 1.165) is 13.2 Å². The molecule has 0 aliphatic rings. The molecule has 6 heteroatoms. The van der Waals surface area contributed by atoms with Crippen molar-refractivity contribution < 1.29 is 29.9 Å². The molecular weight excluding hydrogens is 264 g/mol. The first-order chi connectivity index (χ1) is 9.62. The Morgan fingerprint density at radius 1 is 0.750 bits per heavy atom. The fraction of sp³-hybridized carbons (Fsp3) is 1.00. The van der Waals surface area contributed by atoms with E-state index in [2.05, 4.69) is 13.8 Å².